The molecule has 38 heavy (non-hydrogen) atoms. The Morgan fingerprint density at radius 3 is 2.18 bits per heavy atom. The van der Waals surface area contributed by atoms with Gasteiger partial charge < -0.3 is 15.4 Å². The summed E-state index contributed by atoms with van der Waals surface area (Å²) in [6.07, 6.45) is 7.97. The van der Waals surface area contributed by atoms with E-state index in [2.05, 4.69) is 15.6 Å². The van der Waals surface area contributed by atoms with Crippen molar-refractivity contribution in [1.82, 2.24) is 10.3 Å². The van der Waals surface area contributed by atoms with E-state index in [9.17, 15) is 14.4 Å². The summed E-state index contributed by atoms with van der Waals surface area (Å²) in [5.74, 6) is -0.368. The van der Waals surface area contributed by atoms with Crippen molar-refractivity contribution in [1.29, 1.82) is 0 Å². The zero-order chi connectivity index (χ0) is 26.7. The van der Waals surface area contributed by atoms with Gasteiger partial charge in [-0.05, 0) is 77.9 Å². The fraction of sp³-hybridized carbons (Fsp3) is 0.0323. The highest BCUT2D eigenvalue weighted by Gasteiger charge is 2.15. The molecule has 0 unspecified atom stereocenters. The molecule has 4 rings (SSSR count). The fourth-order valence-electron chi connectivity index (χ4n) is 3.47. The molecule has 0 bridgehead atoms. The molecule has 1 aromatic heterocycles. The number of anilines is 1. The Morgan fingerprint density at radius 1 is 0.789 bits per heavy atom. The van der Waals surface area contributed by atoms with E-state index < -0.39 is 11.8 Å². The normalized spacial score (nSPS) is 11.1. The van der Waals surface area contributed by atoms with Crippen LogP contribution in [-0.2, 0) is 4.79 Å². The van der Waals surface area contributed by atoms with Crippen molar-refractivity contribution < 1.29 is 19.1 Å². The van der Waals surface area contributed by atoms with E-state index in [4.69, 9.17) is 4.74 Å². The number of hydrogen-bond donors (Lipinski definition) is 2. The topological polar surface area (TPSA) is 97.4 Å². The van der Waals surface area contributed by atoms with E-state index >= 15 is 0 Å². The van der Waals surface area contributed by atoms with Gasteiger partial charge in [0.15, 0.2) is 5.78 Å². The highest BCUT2D eigenvalue weighted by molar-refractivity contribution is 6.11. The highest BCUT2D eigenvalue weighted by atomic mass is 16.5. The molecule has 2 amide bonds. The molecular formula is C31H25N3O4. The summed E-state index contributed by atoms with van der Waals surface area (Å²) in [5.41, 5.74) is 2.93. The Morgan fingerprint density at radius 2 is 1.53 bits per heavy atom. The summed E-state index contributed by atoms with van der Waals surface area (Å²) >= 11 is 0. The Kier molecular flexibility index (Phi) is 8.55. The molecule has 4 aromatic rings. The van der Waals surface area contributed by atoms with Crippen LogP contribution < -0.4 is 15.4 Å². The number of benzene rings is 3. The molecule has 188 valence electrons. The molecule has 0 atom stereocenters. The van der Waals surface area contributed by atoms with Crippen molar-refractivity contribution in [2.24, 2.45) is 0 Å². The SMILES string of the molecule is COc1ccc(/C=C/C(=O)c2ccc(NC(=O)/C(=C/c3cccnc3)NC(=O)c3ccccc3)cc2)cc1. The molecular weight excluding hydrogens is 478 g/mol. The molecule has 0 saturated heterocycles. The number of hydrogen-bond acceptors (Lipinski definition) is 5. The number of rotatable bonds is 9. The van der Waals surface area contributed by atoms with Crippen LogP contribution in [0, 0.1) is 0 Å². The largest absolute Gasteiger partial charge is 0.497 e. The Balaban J connectivity index is 1.45. The van der Waals surface area contributed by atoms with E-state index in [1.807, 2.05) is 24.3 Å². The fourth-order valence-corrected chi connectivity index (χ4v) is 3.47. The number of methoxy groups -OCH3 is 1. The van der Waals surface area contributed by atoms with Gasteiger partial charge in [-0.25, -0.2) is 0 Å². The van der Waals surface area contributed by atoms with E-state index in [1.165, 1.54) is 6.08 Å². The molecule has 3 aromatic carbocycles. The van der Waals surface area contributed by atoms with Crippen molar-refractivity contribution in [3.05, 3.63) is 137 Å². The maximum atomic E-state index is 13.1. The number of pyridine rings is 1. The van der Waals surface area contributed by atoms with Crippen molar-refractivity contribution in [3.63, 3.8) is 0 Å². The molecule has 7 heteroatoms. The summed E-state index contributed by atoms with van der Waals surface area (Å²) in [4.78, 5) is 42.5. The number of allylic oxidation sites excluding steroid dienone is 1. The third-order valence-electron chi connectivity index (χ3n) is 5.49. The maximum absolute atomic E-state index is 13.1. The molecule has 0 aliphatic carbocycles. The molecule has 0 fully saturated rings. The van der Waals surface area contributed by atoms with Gasteiger partial charge in [-0.3, -0.25) is 19.4 Å². The number of nitrogens with zero attached hydrogens (tertiary/aromatic N) is 1. The van der Waals surface area contributed by atoms with Gasteiger partial charge >= 0.3 is 0 Å². The average Bonchev–Trinajstić information content (AvgIpc) is 2.97. The first-order valence-corrected chi connectivity index (χ1v) is 11.8. The molecule has 2 N–H and O–H groups in total. The van der Waals surface area contributed by atoms with Crippen molar-refractivity contribution in [2.75, 3.05) is 12.4 Å². The number of ether oxygens (including phenoxy) is 1. The van der Waals surface area contributed by atoms with E-state index in [0.717, 1.165) is 11.3 Å². The van der Waals surface area contributed by atoms with Crippen molar-refractivity contribution in [3.8, 4) is 5.75 Å². The number of nitrogens with one attached hydrogen (secondary N) is 2. The minimum atomic E-state index is -0.517. The molecule has 1 heterocycles. The third kappa shape index (κ3) is 7.11. The minimum Gasteiger partial charge on any atom is -0.497 e. The lowest BCUT2D eigenvalue weighted by molar-refractivity contribution is -0.113. The number of carbonyl (C=O) groups is 3. The lowest BCUT2D eigenvalue weighted by Gasteiger charge is -2.11. The van der Waals surface area contributed by atoms with Crippen LogP contribution in [0.2, 0.25) is 0 Å². The minimum absolute atomic E-state index is 0.0504. The Hall–Kier alpha value is -5.30. The summed E-state index contributed by atoms with van der Waals surface area (Å²) in [5, 5.41) is 5.45. The van der Waals surface area contributed by atoms with E-state index in [0.29, 0.717) is 22.4 Å². The monoisotopic (exact) mass is 503 g/mol. The summed E-state index contributed by atoms with van der Waals surface area (Å²) in [7, 11) is 1.60. The zero-order valence-corrected chi connectivity index (χ0v) is 20.6. The summed E-state index contributed by atoms with van der Waals surface area (Å²) in [6, 6.07) is 26.0. The summed E-state index contributed by atoms with van der Waals surface area (Å²) < 4.78 is 5.14. The number of ketones is 1. The van der Waals surface area contributed by atoms with Gasteiger partial charge in [0.1, 0.15) is 11.4 Å². The Bertz CT molecular complexity index is 1460. The van der Waals surface area contributed by atoms with Crippen LogP contribution in [0.25, 0.3) is 12.2 Å². The second-order valence-corrected chi connectivity index (χ2v) is 8.17. The van der Waals surface area contributed by atoms with Crippen LogP contribution in [0.1, 0.15) is 31.8 Å². The van der Waals surface area contributed by atoms with Crippen LogP contribution in [0.3, 0.4) is 0 Å². The standard InChI is InChI=1S/C31H25N3O4/c1-38-27-16-9-22(10-17-27)11-18-29(35)24-12-14-26(15-13-24)33-31(37)28(20-23-6-5-19-32-21-23)34-30(36)25-7-3-2-4-8-25/h2-21H,1H3,(H,33,37)(H,34,36)/b18-11+,28-20-. The second-order valence-electron chi connectivity index (χ2n) is 8.17. The highest BCUT2D eigenvalue weighted by Crippen LogP contribution is 2.15. The molecule has 7 nitrogen and oxygen atoms in total. The van der Waals surface area contributed by atoms with Gasteiger partial charge in [-0.15, -0.1) is 0 Å². The molecule has 0 spiro atoms. The van der Waals surface area contributed by atoms with Crippen LogP contribution in [0.15, 0.2) is 115 Å². The predicted octanol–water partition coefficient (Wildman–Crippen LogP) is 5.40. The lowest BCUT2D eigenvalue weighted by atomic mass is 10.1. The summed E-state index contributed by atoms with van der Waals surface area (Å²) in [6.45, 7) is 0. The van der Waals surface area contributed by atoms with Gasteiger partial charge in [0, 0.05) is 29.2 Å². The molecule has 0 aliphatic heterocycles. The third-order valence-corrected chi connectivity index (χ3v) is 5.49. The van der Waals surface area contributed by atoms with Crippen LogP contribution in [0.5, 0.6) is 5.75 Å². The van der Waals surface area contributed by atoms with Crippen LogP contribution in [-0.4, -0.2) is 29.7 Å². The van der Waals surface area contributed by atoms with E-state index in [-0.39, 0.29) is 11.5 Å². The maximum Gasteiger partial charge on any atom is 0.272 e. The van der Waals surface area contributed by atoms with Gasteiger partial charge in [-0.1, -0.05) is 42.5 Å². The van der Waals surface area contributed by atoms with Gasteiger partial charge in [0.25, 0.3) is 11.8 Å². The smallest absolute Gasteiger partial charge is 0.272 e. The number of amides is 2. The predicted molar refractivity (Wildman–Crippen MR) is 148 cm³/mol. The molecule has 0 radical (unpaired) electrons. The number of carbonyl (C=O) groups excluding carboxylic acids is 3. The van der Waals surface area contributed by atoms with Gasteiger partial charge in [-0.2, -0.15) is 0 Å². The zero-order valence-electron chi connectivity index (χ0n) is 20.6. The average molecular weight is 504 g/mol. The first kappa shape index (κ1) is 25.8. The molecule has 0 saturated carbocycles. The Labute approximate surface area is 220 Å². The van der Waals surface area contributed by atoms with Gasteiger partial charge in [0.05, 0.1) is 7.11 Å². The van der Waals surface area contributed by atoms with Crippen molar-refractivity contribution in [2.45, 2.75) is 0 Å². The quantitative estimate of drug-likeness (QED) is 0.236. The van der Waals surface area contributed by atoms with Crippen LogP contribution in [0.4, 0.5) is 5.69 Å². The molecule has 0 aliphatic rings. The lowest BCUT2D eigenvalue weighted by Crippen LogP contribution is -2.30. The number of aromatic nitrogens is 1. The van der Waals surface area contributed by atoms with E-state index in [1.54, 1.807) is 98.4 Å². The van der Waals surface area contributed by atoms with Gasteiger partial charge in [0.2, 0.25) is 0 Å². The first-order valence-electron chi connectivity index (χ1n) is 11.8. The second kappa shape index (κ2) is 12.6. The van der Waals surface area contributed by atoms with Crippen LogP contribution >= 0.6 is 0 Å². The van der Waals surface area contributed by atoms with Crippen molar-refractivity contribution >= 4 is 35.4 Å². The first-order chi connectivity index (χ1) is 18.5.